The lowest BCUT2D eigenvalue weighted by atomic mass is 10.0. The van der Waals surface area contributed by atoms with Gasteiger partial charge >= 0.3 is 0 Å². The summed E-state index contributed by atoms with van der Waals surface area (Å²) in [7, 11) is 1.61. The van der Waals surface area contributed by atoms with Crippen molar-refractivity contribution in [3.8, 4) is 11.5 Å². The Balaban J connectivity index is 1.06. The highest BCUT2D eigenvalue weighted by molar-refractivity contribution is 6.30. The van der Waals surface area contributed by atoms with Crippen LogP contribution >= 0.6 is 11.6 Å². The van der Waals surface area contributed by atoms with E-state index in [2.05, 4.69) is 36.2 Å². The molecule has 4 amide bonds. The SMILES string of the molecule is COc1ccc2[nH]cc(CCNC(=O)C3(NC(=O)[C@H](Cc4ccc(Cl)cc4)NC(=O)[C@@]4(NC(=O)CCCN)C[C@H]4c4c[nH]c5ccc(O)cc45)C[C@H]3c3ccncc3)c2c1. The number of nitrogens with two attached hydrogens (primary N) is 1. The minimum atomic E-state index is -1.40. The van der Waals surface area contributed by atoms with Crippen molar-refractivity contribution >= 4 is 57.0 Å². The molecule has 1 unspecified atom stereocenters. The van der Waals surface area contributed by atoms with Crippen molar-refractivity contribution in [3.63, 3.8) is 0 Å². The Labute approximate surface area is 351 Å². The molecule has 3 aromatic carbocycles. The second-order valence-corrected chi connectivity index (χ2v) is 16.2. The molecule has 0 radical (unpaired) electrons. The molecule has 310 valence electrons. The first-order valence-electron chi connectivity index (χ1n) is 20.0. The minimum Gasteiger partial charge on any atom is -0.508 e. The fourth-order valence-electron chi connectivity index (χ4n) is 8.40. The van der Waals surface area contributed by atoms with Crippen LogP contribution in [0.2, 0.25) is 5.02 Å². The first kappa shape index (κ1) is 40.4. The maximum absolute atomic E-state index is 14.7. The number of aromatic amines is 2. The Bertz CT molecular complexity index is 2560. The number of benzene rings is 3. The summed E-state index contributed by atoms with van der Waals surface area (Å²) >= 11 is 6.21. The average Bonchev–Trinajstić information content (AvgIpc) is 4.06. The number of carbonyl (C=O) groups is 4. The molecule has 3 aromatic heterocycles. The molecule has 5 atom stereocenters. The van der Waals surface area contributed by atoms with Gasteiger partial charge in [-0.3, -0.25) is 24.2 Å². The second kappa shape index (κ2) is 16.7. The summed E-state index contributed by atoms with van der Waals surface area (Å²) < 4.78 is 5.42. The molecule has 15 heteroatoms. The first-order valence-corrected chi connectivity index (χ1v) is 20.4. The summed E-state index contributed by atoms with van der Waals surface area (Å²) in [5.74, 6) is -1.84. The van der Waals surface area contributed by atoms with E-state index >= 15 is 0 Å². The van der Waals surface area contributed by atoms with E-state index < -0.39 is 34.9 Å². The van der Waals surface area contributed by atoms with Crippen LogP contribution in [0.15, 0.2) is 97.6 Å². The van der Waals surface area contributed by atoms with Crippen LogP contribution in [-0.2, 0) is 32.0 Å². The number of hydrogen-bond donors (Lipinski definition) is 8. The number of fused-ring (bicyclic) bond motifs is 2. The highest BCUT2D eigenvalue weighted by Crippen LogP contribution is 2.54. The van der Waals surface area contributed by atoms with Crippen molar-refractivity contribution in [1.29, 1.82) is 0 Å². The molecule has 0 aliphatic heterocycles. The van der Waals surface area contributed by atoms with Gasteiger partial charge in [-0.25, -0.2) is 0 Å². The van der Waals surface area contributed by atoms with E-state index in [4.69, 9.17) is 22.1 Å². The largest absolute Gasteiger partial charge is 0.508 e. The van der Waals surface area contributed by atoms with Gasteiger partial charge < -0.3 is 46.8 Å². The van der Waals surface area contributed by atoms with Crippen LogP contribution in [0.3, 0.4) is 0 Å². The number of amides is 4. The summed E-state index contributed by atoms with van der Waals surface area (Å²) in [6, 6.07) is 20.2. The number of hydrogen-bond acceptors (Lipinski definition) is 8. The van der Waals surface area contributed by atoms with E-state index in [1.165, 1.54) is 0 Å². The summed E-state index contributed by atoms with van der Waals surface area (Å²) in [5.41, 5.74) is 8.01. The Morgan fingerprint density at radius 3 is 2.38 bits per heavy atom. The van der Waals surface area contributed by atoms with Gasteiger partial charge in [0, 0.05) is 82.8 Å². The molecule has 2 aliphatic carbocycles. The smallest absolute Gasteiger partial charge is 0.247 e. The molecule has 14 nitrogen and oxygen atoms in total. The molecular formula is C45H47ClN8O6. The predicted octanol–water partition coefficient (Wildman–Crippen LogP) is 4.62. The van der Waals surface area contributed by atoms with Crippen LogP contribution < -0.4 is 31.7 Å². The number of halogens is 1. The zero-order chi connectivity index (χ0) is 42.0. The molecule has 2 saturated carbocycles. The number of methoxy groups -OCH3 is 1. The van der Waals surface area contributed by atoms with Crippen molar-refractivity contribution in [2.75, 3.05) is 20.2 Å². The van der Waals surface area contributed by atoms with Gasteiger partial charge in [0.05, 0.1) is 7.11 Å². The molecule has 9 N–H and O–H groups in total. The summed E-state index contributed by atoms with van der Waals surface area (Å²) in [6.45, 7) is 0.600. The number of rotatable bonds is 17. The third-order valence-corrected chi connectivity index (χ3v) is 12.1. The Kier molecular flexibility index (Phi) is 11.2. The van der Waals surface area contributed by atoms with Gasteiger partial charge in [-0.1, -0.05) is 23.7 Å². The molecule has 0 spiro atoms. The lowest BCUT2D eigenvalue weighted by Gasteiger charge is -2.27. The molecule has 60 heavy (non-hydrogen) atoms. The normalized spacial score (nSPS) is 20.9. The highest BCUT2D eigenvalue weighted by atomic mass is 35.5. The number of aromatic hydroxyl groups is 1. The quantitative estimate of drug-likeness (QED) is 0.0648. The number of nitrogens with one attached hydrogen (secondary N) is 6. The van der Waals surface area contributed by atoms with Crippen LogP contribution in [0.4, 0.5) is 0 Å². The first-order chi connectivity index (χ1) is 29.0. The fraction of sp³-hybridized carbons (Fsp3) is 0.311. The van der Waals surface area contributed by atoms with Crippen molar-refractivity contribution in [3.05, 3.63) is 125 Å². The number of aromatic nitrogens is 3. The van der Waals surface area contributed by atoms with Gasteiger partial charge in [0.2, 0.25) is 23.6 Å². The molecule has 2 aliphatic rings. The zero-order valence-electron chi connectivity index (χ0n) is 33.0. The lowest BCUT2D eigenvalue weighted by Crippen LogP contribution is -2.59. The molecule has 0 saturated heterocycles. The summed E-state index contributed by atoms with van der Waals surface area (Å²) in [4.78, 5) is 67.6. The van der Waals surface area contributed by atoms with Gasteiger partial charge in [0.1, 0.15) is 28.6 Å². The molecule has 0 bridgehead atoms. The average molecular weight is 831 g/mol. The van der Waals surface area contributed by atoms with Crippen molar-refractivity contribution in [2.24, 2.45) is 5.73 Å². The van der Waals surface area contributed by atoms with Crippen molar-refractivity contribution in [2.45, 2.75) is 67.5 Å². The number of ether oxygens (including phenoxy) is 1. The van der Waals surface area contributed by atoms with Gasteiger partial charge in [-0.15, -0.1) is 0 Å². The second-order valence-electron chi connectivity index (χ2n) is 15.7. The molecule has 6 aromatic rings. The van der Waals surface area contributed by atoms with Crippen LogP contribution in [0.25, 0.3) is 21.8 Å². The molecule has 3 heterocycles. The number of phenolic OH excluding ortho intramolecular Hbond substituents is 1. The molecule has 2 fully saturated rings. The fourth-order valence-corrected chi connectivity index (χ4v) is 8.53. The lowest BCUT2D eigenvalue weighted by molar-refractivity contribution is -0.134. The summed E-state index contributed by atoms with van der Waals surface area (Å²) in [6.07, 6.45) is 8.70. The van der Waals surface area contributed by atoms with Crippen LogP contribution in [0.5, 0.6) is 11.5 Å². The van der Waals surface area contributed by atoms with Gasteiger partial charge in [0.25, 0.3) is 0 Å². The minimum absolute atomic E-state index is 0.0625. The van der Waals surface area contributed by atoms with Gasteiger partial charge in [-0.2, -0.15) is 0 Å². The molecule has 8 rings (SSSR count). The van der Waals surface area contributed by atoms with Crippen LogP contribution in [0, 0.1) is 0 Å². The summed E-state index contributed by atoms with van der Waals surface area (Å²) in [5, 5.41) is 24.7. The maximum atomic E-state index is 14.7. The third-order valence-electron chi connectivity index (χ3n) is 11.9. The van der Waals surface area contributed by atoms with E-state index in [9.17, 15) is 24.3 Å². The standard InChI is InChI=1S/C45H47ClN8O6/c1-60-31-9-11-37-32(21-31)28(24-50-37)14-18-49-42(58)44(22-35(44)27-12-16-48-17-13-27)54-41(57)39(19-26-4-6-29(46)7-5-26)52-43(59)45(53-40(56)3-2-15-47)23-36(45)34-25-51-38-10-8-30(55)20-33(34)38/h4-13,16-17,20-21,24-25,35-36,39,50-51,55H,2-3,14-15,18-19,22-23,47H2,1H3,(H,49,58)(H,52,59)(H,53,56)(H,54,57)/t35-,36-,39-,44?,45+/m0/s1. The van der Waals surface area contributed by atoms with Gasteiger partial charge in [-0.05, 0) is 115 Å². The third kappa shape index (κ3) is 8.12. The Morgan fingerprint density at radius 2 is 1.62 bits per heavy atom. The monoisotopic (exact) mass is 830 g/mol. The number of carbonyl (C=O) groups excluding carboxylic acids is 4. The van der Waals surface area contributed by atoms with Crippen molar-refractivity contribution < 1.29 is 29.0 Å². The van der Waals surface area contributed by atoms with Crippen LogP contribution in [0.1, 0.15) is 59.8 Å². The van der Waals surface area contributed by atoms with E-state index in [1.807, 2.05) is 36.5 Å². The Hall–Kier alpha value is -6.38. The topological polar surface area (TPSA) is 216 Å². The van der Waals surface area contributed by atoms with E-state index in [0.29, 0.717) is 37.4 Å². The van der Waals surface area contributed by atoms with Crippen LogP contribution in [-0.4, -0.2) is 81.0 Å². The predicted molar refractivity (Wildman–Crippen MR) is 228 cm³/mol. The number of pyridine rings is 1. The Morgan fingerprint density at radius 1 is 0.900 bits per heavy atom. The zero-order valence-corrected chi connectivity index (χ0v) is 33.8. The highest BCUT2D eigenvalue weighted by Gasteiger charge is 2.64. The van der Waals surface area contributed by atoms with E-state index in [1.54, 1.807) is 68.2 Å². The van der Waals surface area contributed by atoms with E-state index in [0.717, 1.165) is 49.8 Å². The van der Waals surface area contributed by atoms with Gasteiger partial charge in [0.15, 0.2) is 0 Å². The number of phenols is 1. The number of nitrogens with zero attached hydrogens (tertiary/aromatic N) is 1. The van der Waals surface area contributed by atoms with Crippen molar-refractivity contribution in [1.82, 2.24) is 36.2 Å². The molecular weight excluding hydrogens is 784 g/mol. The van der Waals surface area contributed by atoms with E-state index in [-0.39, 0.29) is 42.7 Å². The maximum Gasteiger partial charge on any atom is 0.247 e. The number of H-pyrrole nitrogens is 2.